The fourth-order valence-electron chi connectivity index (χ4n) is 1.92. The van der Waals surface area contributed by atoms with Gasteiger partial charge in [-0.25, -0.2) is 0 Å². The van der Waals surface area contributed by atoms with Gasteiger partial charge >= 0.3 is 0 Å². The molecule has 102 valence electrons. The molecular weight excluding hydrogens is 332 g/mol. The van der Waals surface area contributed by atoms with Crippen LogP contribution in [0.25, 0.3) is 0 Å². The molecule has 0 saturated heterocycles. The van der Waals surface area contributed by atoms with Crippen LogP contribution in [0.15, 0.2) is 21.5 Å². The third-order valence-corrected chi connectivity index (χ3v) is 3.90. The summed E-state index contributed by atoms with van der Waals surface area (Å²) < 4.78 is 3.75. The number of nitrogens with zero attached hydrogens (tertiary/aromatic N) is 3. The van der Waals surface area contributed by atoms with Gasteiger partial charge in [0, 0.05) is 18.4 Å². The third-order valence-electron chi connectivity index (χ3n) is 2.84. The summed E-state index contributed by atoms with van der Waals surface area (Å²) in [6, 6.07) is 1.59. The van der Waals surface area contributed by atoms with E-state index >= 15 is 0 Å². The fraction of sp³-hybridized carbons (Fsp3) is 0.333. The molecule has 0 atom stereocenters. The number of anilines is 1. The third kappa shape index (κ3) is 2.69. The van der Waals surface area contributed by atoms with E-state index in [-0.39, 0.29) is 5.56 Å². The summed E-state index contributed by atoms with van der Waals surface area (Å²) in [7, 11) is 0. The molecule has 5 nitrogen and oxygen atoms in total. The molecule has 0 aliphatic heterocycles. The second kappa shape index (κ2) is 5.38. The van der Waals surface area contributed by atoms with E-state index in [0.717, 1.165) is 11.4 Å². The van der Waals surface area contributed by atoms with Crippen LogP contribution in [0.2, 0.25) is 5.02 Å². The Bertz CT molecular complexity index is 677. The zero-order valence-corrected chi connectivity index (χ0v) is 13.0. The standard InChI is InChI=1S/C12H14BrClN4O/c1-3-18-10(11(14)7(2)16-18)6-17-5-8(15)4-9(13)12(17)19/h4-5H,3,6,15H2,1-2H3. The van der Waals surface area contributed by atoms with Gasteiger partial charge in [0.2, 0.25) is 0 Å². The summed E-state index contributed by atoms with van der Waals surface area (Å²) in [5.74, 6) is 0. The van der Waals surface area contributed by atoms with Crippen LogP contribution in [0.5, 0.6) is 0 Å². The quantitative estimate of drug-likeness (QED) is 0.929. The van der Waals surface area contributed by atoms with E-state index in [0.29, 0.717) is 28.3 Å². The Hall–Kier alpha value is -1.27. The number of pyridine rings is 1. The van der Waals surface area contributed by atoms with Gasteiger partial charge in [0.15, 0.2) is 0 Å². The molecule has 2 rings (SSSR count). The van der Waals surface area contributed by atoms with E-state index in [1.165, 1.54) is 4.57 Å². The first-order valence-corrected chi connectivity index (χ1v) is 6.98. The minimum absolute atomic E-state index is 0.147. The van der Waals surface area contributed by atoms with Gasteiger partial charge in [-0.2, -0.15) is 5.10 Å². The number of aromatic nitrogens is 3. The highest BCUT2D eigenvalue weighted by Gasteiger charge is 2.14. The van der Waals surface area contributed by atoms with Gasteiger partial charge in [0.1, 0.15) is 0 Å². The normalized spacial score (nSPS) is 10.9. The first kappa shape index (κ1) is 14.1. The molecule has 0 saturated carbocycles. The van der Waals surface area contributed by atoms with Crippen LogP contribution in [0.1, 0.15) is 18.3 Å². The molecule has 0 fully saturated rings. The van der Waals surface area contributed by atoms with E-state index in [1.54, 1.807) is 16.9 Å². The highest BCUT2D eigenvalue weighted by molar-refractivity contribution is 9.10. The van der Waals surface area contributed by atoms with Gasteiger partial charge in [-0.15, -0.1) is 0 Å². The summed E-state index contributed by atoms with van der Waals surface area (Å²) in [6.45, 7) is 4.86. The highest BCUT2D eigenvalue weighted by atomic mass is 79.9. The first-order chi connectivity index (χ1) is 8.93. The van der Waals surface area contributed by atoms with Gasteiger partial charge in [-0.3, -0.25) is 9.48 Å². The van der Waals surface area contributed by atoms with Gasteiger partial charge < -0.3 is 10.3 Å². The number of hydrogen-bond donors (Lipinski definition) is 1. The average Bonchev–Trinajstić information content (AvgIpc) is 2.63. The predicted molar refractivity (Wildman–Crippen MR) is 79.6 cm³/mol. The summed E-state index contributed by atoms with van der Waals surface area (Å²) in [5.41, 5.74) is 7.69. The van der Waals surface area contributed by atoms with E-state index < -0.39 is 0 Å². The molecule has 0 aliphatic rings. The van der Waals surface area contributed by atoms with Crippen LogP contribution in [0, 0.1) is 6.92 Å². The van der Waals surface area contributed by atoms with Crippen LogP contribution in [0.4, 0.5) is 5.69 Å². The molecule has 0 amide bonds. The number of halogens is 2. The second-order valence-corrected chi connectivity index (χ2v) is 5.45. The van der Waals surface area contributed by atoms with Gasteiger partial charge in [-0.1, -0.05) is 11.6 Å². The number of rotatable bonds is 3. The van der Waals surface area contributed by atoms with Crippen LogP contribution in [-0.2, 0) is 13.1 Å². The number of aryl methyl sites for hydroxylation is 2. The molecule has 0 aromatic carbocycles. The largest absolute Gasteiger partial charge is 0.398 e. The zero-order valence-electron chi connectivity index (χ0n) is 10.7. The molecule has 0 radical (unpaired) electrons. The average molecular weight is 346 g/mol. The minimum atomic E-state index is -0.147. The second-order valence-electron chi connectivity index (χ2n) is 4.22. The Labute approximate surface area is 124 Å². The smallest absolute Gasteiger partial charge is 0.265 e. The Morgan fingerprint density at radius 1 is 1.53 bits per heavy atom. The van der Waals surface area contributed by atoms with E-state index in [2.05, 4.69) is 21.0 Å². The van der Waals surface area contributed by atoms with Crippen molar-refractivity contribution in [1.82, 2.24) is 14.3 Å². The molecule has 2 aromatic rings. The van der Waals surface area contributed by atoms with Crippen molar-refractivity contribution in [3.05, 3.63) is 43.5 Å². The maximum atomic E-state index is 12.0. The van der Waals surface area contributed by atoms with Crippen LogP contribution in [0.3, 0.4) is 0 Å². The molecule has 0 unspecified atom stereocenters. The summed E-state index contributed by atoms with van der Waals surface area (Å²) >= 11 is 9.43. The molecule has 0 bridgehead atoms. The topological polar surface area (TPSA) is 65.8 Å². The lowest BCUT2D eigenvalue weighted by Gasteiger charge is -2.09. The maximum Gasteiger partial charge on any atom is 0.265 e. The Morgan fingerprint density at radius 3 is 2.84 bits per heavy atom. The van der Waals surface area contributed by atoms with Crippen LogP contribution < -0.4 is 11.3 Å². The zero-order chi connectivity index (χ0) is 14.2. The summed E-state index contributed by atoms with van der Waals surface area (Å²) in [6.07, 6.45) is 1.60. The molecule has 2 aromatic heterocycles. The molecule has 0 spiro atoms. The van der Waals surface area contributed by atoms with Crippen molar-refractivity contribution in [2.24, 2.45) is 0 Å². The highest BCUT2D eigenvalue weighted by Crippen LogP contribution is 2.21. The molecule has 2 heterocycles. The van der Waals surface area contributed by atoms with Crippen molar-refractivity contribution in [3.8, 4) is 0 Å². The van der Waals surface area contributed by atoms with Crippen LogP contribution in [-0.4, -0.2) is 14.3 Å². The maximum absolute atomic E-state index is 12.0. The van der Waals surface area contributed by atoms with Crippen molar-refractivity contribution < 1.29 is 0 Å². The lowest BCUT2D eigenvalue weighted by atomic mass is 10.3. The minimum Gasteiger partial charge on any atom is -0.398 e. The number of nitrogen functional groups attached to an aromatic ring is 1. The number of hydrogen-bond acceptors (Lipinski definition) is 3. The first-order valence-electron chi connectivity index (χ1n) is 5.81. The Morgan fingerprint density at radius 2 is 2.21 bits per heavy atom. The van der Waals surface area contributed by atoms with Crippen molar-refractivity contribution in [2.75, 3.05) is 5.73 Å². The van der Waals surface area contributed by atoms with Gasteiger partial charge in [0.25, 0.3) is 5.56 Å². The molecule has 0 aliphatic carbocycles. The molecular formula is C12H14BrClN4O. The summed E-state index contributed by atoms with van der Waals surface area (Å²) in [4.78, 5) is 12.0. The predicted octanol–water partition coefficient (Wildman–Crippen LogP) is 2.42. The molecule has 2 N–H and O–H groups in total. The van der Waals surface area contributed by atoms with Gasteiger partial charge in [0.05, 0.1) is 27.4 Å². The van der Waals surface area contributed by atoms with Crippen LogP contribution >= 0.6 is 27.5 Å². The number of nitrogens with two attached hydrogens (primary N) is 1. The lowest BCUT2D eigenvalue weighted by molar-refractivity contribution is 0.591. The van der Waals surface area contributed by atoms with E-state index in [1.807, 2.05) is 13.8 Å². The SMILES string of the molecule is CCn1nc(C)c(Cl)c1Cn1cc(N)cc(Br)c1=O. The van der Waals surface area contributed by atoms with Crippen molar-refractivity contribution >= 4 is 33.2 Å². The van der Waals surface area contributed by atoms with Gasteiger partial charge in [-0.05, 0) is 35.8 Å². The molecule has 19 heavy (non-hydrogen) atoms. The summed E-state index contributed by atoms with van der Waals surface area (Å²) in [5, 5.41) is 4.92. The lowest BCUT2D eigenvalue weighted by Crippen LogP contribution is -2.23. The monoisotopic (exact) mass is 344 g/mol. The van der Waals surface area contributed by atoms with E-state index in [9.17, 15) is 4.79 Å². The Kier molecular flexibility index (Phi) is 4.01. The fourth-order valence-corrected chi connectivity index (χ4v) is 2.61. The van der Waals surface area contributed by atoms with Crippen molar-refractivity contribution in [3.63, 3.8) is 0 Å². The Balaban J connectivity index is 2.50. The van der Waals surface area contributed by atoms with Crippen molar-refractivity contribution in [1.29, 1.82) is 0 Å². The van der Waals surface area contributed by atoms with E-state index in [4.69, 9.17) is 17.3 Å². The molecule has 7 heteroatoms. The van der Waals surface area contributed by atoms with Crippen molar-refractivity contribution in [2.45, 2.75) is 26.9 Å².